The van der Waals surface area contributed by atoms with Crippen molar-refractivity contribution >= 4 is 27.7 Å². The summed E-state index contributed by atoms with van der Waals surface area (Å²) in [7, 11) is 0. The van der Waals surface area contributed by atoms with Gasteiger partial charge in [0.1, 0.15) is 0 Å². The molecular formula is C15H11BrN8S. The maximum atomic E-state index is 4.11. The van der Waals surface area contributed by atoms with E-state index in [1.165, 1.54) is 11.8 Å². The third-order valence-electron chi connectivity index (χ3n) is 3.38. The van der Waals surface area contributed by atoms with Crippen LogP contribution in [0.2, 0.25) is 0 Å². The molecule has 0 saturated heterocycles. The SMILES string of the molecule is Brc1ccc(-n2nnnc2CSc2nnnn2-c2ccccc2)cc1. The van der Waals surface area contributed by atoms with Gasteiger partial charge in [0.25, 0.3) is 0 Å². The minimum atomic E-state index is 0.538. The van der Waals surface area contributed by atoms with E-state index >= 15 is 0 Å². The van der Waals surface area contributed by atoms with E-state index in [4.69, 9.17) is 0 Å². The molecule has 2 aromatic heterocycles. The number of hydrogen-bond acceptors (Lipinski definition) is 7. The molecule has 0 amide bonds. The molecular weight excluding hydrogens is 404 g/mol. The highest BCUT2D eigenvalue weighted by Crippen LogP contribution is 2.22. The third-order valence-corrected chi connectivity index (χ3v) is 4.82. The maximum absolute atomic E-state index is 4.11. The average Bonchev–Trinajstić information content (AvgIpc) is 3.30. The molecule has 0 aliphatic heterocycles. The fourth-order valence-electron chi connectivity index (χ4n) is 2.21. The largest absolute Gasteiger partial charge is 0.214 e. The predicted molar refractivity (Wildman–Crippen MR) is 95.6 cm³/mol. The van der Waals surface area contributed by atoms with Gasteiger partial charge in [-0.25, -0.2) is 0 Å². The van der Waals surface area contributed by atoms with Crippen LogP contribution in [0.25, 0.3) is 11.4 Å². The molecule has 0 fully saturated rings. The topological polar surface area (TPSA) is 87.2 Å². The molecule has 0 saturated carbocycles. The zero-order chi connectivity index (χ0) is 17.1. The zero-order valence-electron chi connectivity index (χ0n) is 12.8. The van der Waals surface area contributed by atoms with Crippen molar-refractivity contribution in [3.63, 3.8) is 0 Å². The van der Waals surface area contributed by atoms with Crippen LogP contribution < -0.4 is 0 Å². The molecule has 0 atom stereocenters. The molecule has 25 heavy (non-hydrogen) atoms. The Morgan fingerprint density at radius 1 is 0.800 bits per heavy atom. The Morgan fingerprint density at radius 3 is 2.28 bits per heavy atom. The Morgan fingerprint density at radius 2 is 1.48 bits per heavy atom. The summed E-state index contributed by atoms with van der Waals surface area (Å²) < 4.78 is 4.40. The molecule has 0 bridgehead atoms. The van der Waals surface area contributed by atoms with Crippen LogP contribution in [0.15, 0.2) is 64.2 Å². The standard InChI is InChI=1S/C15H11BrN8S/c16-11-6-8-13(9-7-11)23-14(17-19-21-23)10-25-15-18-20-22-24(15)12-4-2-1-3-5-12/h1-9H,10H2. The summed E-state index contributed by atoms with van der Waals surface area (Å²) in [5.74, 6) is 1.26. The molecule has 4 aromatic rings. The van der Waals surface area contributed by atoms with E-state index in [0.717, 1.165) is 21.7 Å². The highest BCUT2D eigenvalue weighted by molar-refractivity contribution is 9.10. The smallest absolute Gasteiger partial charge is 0.196 e. The van der Waals surface area contributed by atoms with Crippen molar-refractivity contribution in [1.82, 2.24) is 40.4 Å². The van der Waals surface area contributed by atoms with Crippen LogP contribution in [-0.4, -0.2) is 40.4 Å². The van der Waals surface area contributed by atoms with Gasteiger partial charge in [-0.05, 0) is 57.3 Å². The Balaban J connectivity index is 1.55. The van der Waals surface area contributed by atoms with Gasteiger partial charge in [-0.1, -0.05) is 45.9 Å². The lowest BCUT2D eigenvalue weighted by Crippen LogP contribution is -2.03. The minimum absolute atomic E-state index is 0.538. The van der Waals surface area contributed by atoms with Crippen molar-refractivity contribution in [3.8, 4) is 11.4 Å². The fourth-order valence-corrected chi connectivity index (χ4v) is 3.27. The summed E-state index contributed by atoms with van der Waals surface area (Å²) in [6.07, 6.45) is 0. The number of nitrogens with zero attached hydrogens (tertiary/aromatic N) is 8. The van der Waals surface area contributed by atoms with Crippen molar-refractivity contribution < 1.29 is 0 Å². The summed E-state index contributed by atoms with van der Waals surface area (Å²) in [6.45, 7) is 0. The Hall–Kier alpha value is -2.59. The van der Waals surface area contributed by atoms with Gasteiger partial charge in [0.2, 0.25) is 5.16 Å². The van der Waals surface area contributed by atoms with Crippen molar-refractivity contribution in [2.45, 2.75) is 10.9 Å². The van der Waals surface area contributed by atoms with E-state index in [1.54, 1.807) is 9.36 Å². The van der Waals surface area contributed by atoms with E-state index in [0.29, 0.717) is 10.9 Å². The summed E-state index contributed by atoms with van der Waals surface area (Å²) in [5, 5.41) is 24.5. The number of halogens is 1. The van der Waals surface area contributed by atoms with Crippen LogP contribution in [0.5, 0.6) is 0 Å². The molecule has 124 valence electrons. The monoisotopic (exact) mass is 414 g/mol. The zero-order valence-corrected chi connectivity index (χ0v) is 15.2. The van der Waals surface area contributed by atoms with Crippen LogP contribution >= 0.6 is 27.7 Å². The van der Waals surface area contributed by atoms with Gasteiger partial charge in [0.05, 0.1) is 17.1 Å². The number of thioether (sulfide) groups is 1. The number of para-hydroxylation sites is 1. The van der Waals surface area contributed by atoms with Gasteiger partial charge in [0.15, 0.2) is 5.82 Å². The maximum Gasteiger partial charge on any atom is 0.214 e. The molecule has 10 heteroatoms. The first-order chi connectivity index (χ1) is 12.3. The molecule has 0 radical (unpaired) electrons. The first-order valence-electron chi connectivity index (χ1n) is 7.31. The Kier molecular flexibility index (Phi) is 4.53. The number of aromatic nitrogens is 8. The van der Waals surface area contributed by atoms with Gasteiger partial charge in [-0.3, -0.25) is 0 Å². The lowest BCUT2D eigenvalue weighted by molar-refractivity contribution is 0.755. The van der Waals surface area contributed by atoms with Gasteiger partial charge in [-0.2, -0.15) is 9.36 Å². The quantitative estimate of drug-likeness (QED) is 0.463. The lowest BCUT2D eigenvalue weighted by atomic mass is 10.3. The highest BCUT2D eigenvalue weighted by atomic mass is 79.9. The van der Waals surface area contributed by atoms with Crippen LogP contribution in [-0.2, 0) is 5.75 Å². The first-order valence-corrected chi connectivity index (χ1v) is 9.09. The second-order valence-electron chi connectivity index (χ2n) is 4.98. The first kappa shape index (κ1) is 15.9. The average molecular weight is 415 g/mol. The molecule has 2 aromatic carbocycles. The summed E-state index contributed by atoms with van der Waals surface area (Å²) >= 11 is 4.90. The molecule has 2 heterocycles. The van der Waals surface area contributed by atoms with Crippen molar-refractivity contribution in [1.29, 1.82) is 0 Å². The molecule has 0 aliphatic carbocycles. The highest BCUT2D eigenvalue weighted by Gasteiger charge is 2.13. The molecule has 8 nitrogen and oxygen atoms in total. The second-order valence-corrected chi connectivity index (χ2v) is 6.84. The summed E-state index contributed by atoms with van der Waals surface area (Å²) in [5.41, 5.74) is 1.80. The summed E-state index contributed by atoms with van der Waals surface area (Å²) in [4.78, 5) is 0. The van der Waals surface area contributed by atoms with Gasteiger partial charge < -0.3 is 0 Å². The molecule has 0 spiro atoms. The third kappa shape index (κ3) is 3.44. The molecule has 0 N–H and O–H groups in total. The van der Waals surface area contributed by atoms with E-state index in [-0.39, 0.29) is 0 Å². The Labute approximate surface area is 155 Å². The molecule has 4 rings (SSSR count). The number of benzene rings is 2. The second kappa shape index (κ2) is 7.11. The fraction of sp³-hybridized carbons (Fsp3) is 0.0667. The van der Waals surface area contributed by atoms with Crippen molar-refractivity contribution in [2.24, 2.45) is 0 Å². The Bertz CT molecular complexity index is 967. The van der Waals surface area contributed by atoms with Crippen molar-refractivity contribution in [3.05, 3.63) is 64.9 Å². The predicted octanol–water partition coefficient (Wildman–Crippen LogP) is 2.69. The normalized spacial score (nSPS) is 10.9. The van der Waals surface area contributed by atoms with E-state index in [2.05, 4.69) is 47.0 Å². The summed E-state index contributed by atoms with van der Waals surface area (Å²) in [6, 6.07) is 17.5. The number of hydrogen-bond donors (Lipinski definition) is 0. The molecule has 0 aliphatic rings. The number of rotatable bonds is 5. The van der Waals surface area contributed by atoms with Crippen LogP contribution in [0.4, 0.5) is 0 Å². The van der Waals surface area contributed by atoms with Gasteiger partial charge in [-0.15, -0.1) is 10.2 Å². The van der Waals surface area contributed by atoms with E-state index in [9.17, 15) is 0 Å². The van der Waals surface area contributed by atoms with E-state index in [1.807, 2.05) is 54.6 Å². The number of tetrazole rings is 2. The van der Waals surface area contributed by atoms with Crippen molar-refractivity contribution in [2.75, 3.05) is 0 Å². The lowest BCUT2D eigenvalue weighted by Gasteiger charge is -2.05. The van der Waals surface area contributed by atoms with Crippen LogP contribution in [0.3, 0.4) is 0 Å². The minimum Gasteiger partial charge on any atom is -0.196 e. The van der Waals surface area contributed by atoms with Gasteiger partial charge in [0, 0.05) is 4.47 Å². The molecule has 0 unspecified atom stereocenters. The van der Waals surface area contributed by atoms with Crippen LogP contribution in [0.1, 0.15) is 5.82 Å². The van der Waals surface area contributed by atoms with Crippen LogP contribution in [0, 0.1) is 0 Å². The van der Waals surface area contributed by atoms with E-state index < -0.39 is 0 Å². The van der Waals surface area contributed by atoms with Gasteiger partial charge >= 0.3 is 0 Å².